The maximum absolute atomic E-state index is 11.4. The molecule has 0 radical (unpaired) electrons. The summed E-state index contributed by atoms with van der Waals surface area (Å²) in [6, 6.07) is 7.21. The number of hydrogen-bond acceptors (Lipinski definition) is 2. The van der Waals surface area contributed by atoms with E-state index in [1.54, 1.807) is 6.07 Å². The zero-order valence-electron chi connectivity index (χ0n) is 9.03. The Balaban J connectivity index is 2.37. The summed E-state index contributed by atoms with van der Waals surface area (Å²) in [7, 11) is 1.83. The van der Waals surface area contributed by atoms with E-state index >= 15 is 0 Å². The van der Waals surface area contributed by atoms with Crippen molar-refractivity contribution in [2.24, 2.45) is 5.92 Å². The van der Waals surface area contributed by atoms with Gasteiger partial charge in [0.2, 0.25) is 0 Å². The molecule has 1 aromatic carbocycles. The summed E-state index contributed by atoms with van der Waals surface area (Å²) < 4.78 is 0. The Morgan fingerprint density at radius 1 is 1.62 bits per heavy atom. The van der Waals surface area contributed by atoms with E-state index in [1.807, 2.05) is 25.2 Å². The largest absolute Gasteiger partial charge is 0.481 e. The fraction of sp³-hybridized carbons (Fsp3) is 0.417. The molecule has 0 heterocycles. The number of hydrogen-bond donors (Lipinski definition) is 2. The Kier molecular flexibility index (Phi) is 2.91. The Bertz CT molecular complexity index is 421. The van der Waals surface area contributed by atoms with Crippen molar-refractivity contribution in [3.05, 3.63) is 34.9 Å². The molecule has 2 atom stereocenters. The highest BCUT2D eigenvalue weighted by Crippen LogP contribution is 2.55. The van der Waals surface area contributed by atoms with Crippen LogP contribution in [0, 0.1) is 5.92 Å². The third-order valence-electron chi connectivity index (χ3n) is 3.29. The van der Waals surface area contributed by atoms with Crippen molar-refractivity contribution < 1.29 is 9.90 Å². The van der Waals surface area contributed by atoms with E-state index in [-0.39, 0.29) is 5.92 Å². The smallest absolute Gasteiger partial charge is 0.314 e. The predicted molar refractivity (Wildman–Crippen MR) is 62.8 cm³/mol. The first-order chi connectivity index (χ1) is 7.63. The number of benzene rings is 1. The average molecular weight is 240 g/mol. The monoisotopic (exact) mass is 239 g/mol. The first-order valence-electron chi connectivity index (χ1n) is 5.26. The Hall–Kier alpha value is -1.06. The Morgan fingerprint density at radius 3 is 2.88 bits per heavy atom. The molecular weight excluding hydrogens is 226 g/mol. The second kappa shape index (κ2) is 4.07. The van der Waals surface area contributed by atoms with Gasteiger partial charge in [-0.1, -0.05) is 29.8 Å². The van der Waals surface area contributed by atoms with Crippen molar-refractivity contribution >= 4 is 17.6 Å². The van der Waals surface area contributed by atoms with Gasteiger partial charge in [-0.15, -0.1) is 0 Å². The maximum Gasteiger partial charge on any atom is 0.314 e. The first kappa shape index (κ1) is 11.4. The van der Waals surface area contributed by atoms with Crippen LogP contribution in [-0.2, 0) is 10.2 Å². The number of nitrogens with one attached hydrogen (secondary N) is 1. The van der Waals surface area contributed by atoms with Gasteiger partial charge < -0.3 is 10.4 Å². The highest BCUT2D eigenvalue weighted by molar-refractivity contribution is 6.31. The van der Waals surface area contributed by atoms with E-state index in [9.17, 15) is 9.90 Å². The van der Waals surface area contributed by atoms with Crippen LogP contribution in [0.25, 0.3) is 0 Å². The quantitative estimate of drug-likeness (QED) is 0.844. The van der Waals surface area contributed by atoms with Gasteiger partial charge in [-0.3, -0.25) is 4.79 Å². The molecule has 0 spiro atoms. The minimum absolute atomic E-state index is 0.134. The molecule has 1 aromatic rings. The predicted octanol–water partition coefficient (Wildman–Crippen LogP) is 1.90. The summed E-state index contributed by atoms with van der Waals surface area (Å²) in [5.74, 6) is -0.643. The van der Waals surface area contributed by atoms with Crippen LogP contribution in [0.1, 0.15) is 12.0 Å². The van der Waals surface area contributed by atoms with Crippen LogP contribution in [0.4, 0.5) is 0 Å². The van der Waals surface area contributed by atoms with Crippen LogP contribution in [-0.4, -0.2) is 24.7 Å². The van der Waals surface area contributed by atoms with E-state index < -0.39 is 11.4 Å². The second-order valence-corrected chi connectivity index (χ2v) is 4.62. The number of carbonyl (C=O) groups is 1. The minimum atomic E-state index is -0.777. The van der Waals surface area contributed by atoms with Crippen molar-refractivity contribution in [2.45, 2.75) is 11.8 Å². The molecule has 0 aliphatic heterocycles. The zero-order valence-corrected chi connectivity index (χ0v) is 9.79. The van der Waals surface area contributed by atoms with Gasteiger partial charge in [-0.05, 0) is 37.6 Å². The van der Waals surface area contributed by atoms with E-state index in [0.717, 1.165) is 5.56 Å². The van der Waals surface area contributed by atoms with Crippen LogP contribution >= 0.6 is 11.6 Å². The third kappa shape index (κ3) is 1.60. The van der Waals surface area contributed by atoms with Crippen LogP contribution in [0.5, 0.6) is 0 Å². The molecule has 4 heteroatoms. The van der Waals surface area contributed by atoms with Crippen molar-refractivity contribution in [2.75, 3.05) is 13.6 Å². The number of rotatable bonds is 4. The molecule has 16 heavy (non-hydrogen) atoms. The number of halogens is 1. The molecule has 0 saturated heterocycles. The second-order valence-electron chi connectivity index (χ2n) is 4.22. The van der Waals surface area contributed by atoms with Crippen LogP contribution < -0.4 is 5.32 Å². The zero-order chi connectivity index (χ0) is 11.8. The molecule has 2 N–H and O–H groups in total. The van der Waals surface area contributed by atoms with Gasteiger partial charge in [0.25, 0.3) is 0 Å². The molecule has 86 valence electrons. The van der Waals surface area contributed by atoms with Crippen LogP contribution in [0.2, 0.25) is 5.02 Å². The molecular formula is C12H14ClNO2. The van der Waals surface area contributed by atoms with Gasteiger partial charge in [0.05, 0.1) is 5.41 Å². The highest BCUT2D eigenvalue weighted by atomic mass is 35.5. The topological polar surface area (TPSA) is 49.3 Å². The van der Waals surface area contributed by atoms with Crippen molar-refractivity contribution in [3.63, 3.8) is 0 Å². The van der Waals surface area contributed by atoms with Gasteiger partial charge in [0.1, 0.15) is 0 Å². The summed E-state index contributed by atoms with van der Waals surface area (Å²) in [6.07, 6.45) is 0.660. The molecule has 1 saturated carbocycles. The third-order valence-corrected chi connectivity index (χ3v) is 3.62. The average Bonchev–Trinajstić information content (AvgIpc) is 2.95. The lowest BCUT2D eigenvalue weighted by Gasteiger charge is -2.14. The van der Waals surface area contributed by atoms with Gasteiger partial charge in [0.15, 0.2) is 0 Å². The van der Waals surface area contributed by atoms with E-state index in [0.29, 0.717) is 18.0 Å². The van der Waals surface area contributed by atoms with Crippen LogP contribution in [0.3, 0.4) is 0 Å². The van der Waals surface area contributed by atoms with Gasteiger partial charge >= 0.3 is 5.97 Å². The van der Waals surface area contributed by atoms with Gasteiger partial charge in [0, 0.05) is 5.02 Å². The lowest BCUT2D eigenvalue weighted by molar-refractivity contribution is -0.140. The lowest BCUT2D eigenvalue weighted by atomic mass is 9.93. The summed E-state index contributed by atoms with van der Waals surface area (Å²) in [6.45, 7) is 0.706. The molecule has 1 aliphatic rings. The highest BCUT2D eigenvalue weighted by Gasteiger charge is 2.61. The molecule has 0 bridgehead atoms. The lowest BCUT2D eigenvalue weighted by Crippen LogP contribution is -2.26. The van der Waals surface area contributed by atoms with Crippen molar-refractivity contribution in [1.82, 2.24) is 5.32 Å². The normalized spacial score (nSPS) is 27.8. The molecule has 3 nitrogen and oxygen atoms in total. The van der Waals surface area contributed by atoms with E-state index in [1.165, 1.54) is 0 Å². The molecule has 0 unspecified atom stereocenters. The standard InChI is InChI=1S/C12H14ClNO2/c1-14-7-8-6-12(8,11(15)16)9-4-2-3-5-10(9)13/h2-5,8,14H,6-7H2,1H3,(H,15,16)/t8-,12+/m0/s1. The number of carboxylic acid groups (broad SMARTS) is 1. The summed E-state index contributed by atoms with van der Waals surface area (Å²) >= 11 is 6.07. The maximum atomic E-state index is 11.4. The summed E-state index contributed by atoms with van der Waals surface area (Å²) in [5.41, 5.74) is -0.0362. The van der Waals surface area contributed by atoms with Crippen LogP contribution in [0.15, 0.2) is 24.3 Å². The fourth-order valence-electron chi connectivity index (χ4n) is 2.35. The Morgan fingerprint density at radius 2 is 2.31 bits per heavy atom. The van der Waals surface area contributed by atoms with E-state index in [2.05, 4.69) is 5.32 Å². The van der Waals surface area contributed by atoms with Gasteiger partial charge in [-0.2, -0.15) is 0 Å². The molecule has 2 rings (SSSR count). The molecule has 0 amide bonds. The number of carboxylic acids is 1. The van der Waals surface area contributed by atoms with Crippen molar-refractivity contribution in [3.8, 4) is 0 Å². The Labute approximate surface area is 99.4 Å². The molecule has 1 aliphatic carbocycles. The minimum Gasteiger partial charge on any atom is -0.481 e. The van der Waals surface area contributed by atoms with Gasteiger partial charge in [-0.25, -0.2) is 0 Å². The molecule has 0 aromatic heterocycles. The first-order valence-corrected chi connectivity index (χ1v) is 5.63. The summed E-state index contributed by atoms with van der Waals surface area (Å²) in [4.78, 5) is 11.4. The molecule has 1 fully saturated rings. The SMILES string of the molecule is CNC[C@@H]1C[C@]1(C(=O)O)c1ccccc1Cl. The number of aliphatic carboxylic acids is 1. The van der Waals surface area contributed by atoms with Crippen molar-refractivity contribution in [1.29, 1.82) is 0 Å². The summed E-state index contributed by atoms with van der Waals surface area (Å²) in [5, 5.41) is 13.0. The van der Waals surface area contributed by atoms with E-state index in [4.69, 9.17) is 11.6 Å². The fourth-order valence-corrected chi connectivity index (χ4v) is 2.66.